The number of hydrogen-bond donors (Lipinski definition) is 2. The highest BCUT2D eigenvalue weighted by atomic mass is 16.3. The van der Waals surface area contributed by atoms with E-state index in [0.717, 1.165) is 31.2 Å². The maximum atomic E-state index is 13.1. The number of ketones is 2. The summed E-state index contributed by atoms with van der Waals surface area (Å²) in [6, 6.07) is 9.83. The Bertz CT molecular complexity index is 992. The molecule has 4 nitrogen and oxygen atoms in total. The highest BCUT2D eigenvalue weighted by Crippen LogP contribution is 2.68. The predicted octanol–water partition coefficient (Wildman–Crippen LogP) is 4.12. The van der Waals surface area contributed by atoms with Crippen LogP contribution in [0.5, 0.6) is 0 Å². The number of aliphatic hydroxyl groups is 2. The molecule has 4 heteroatoms. The van der Waals surface area contributed by atoms with Crippen molar-refractivity contribution in [3.05, 3.63) is 59.2 Å². The molecule has 2 saturated carbocycles. The first kappa shape index (κ1) is 20.8. The molecule has 2 unspecified atom stereocenters. The Labute approximate surface area is 184 Å². The largest absolute Gasteiger partial charge is 0.388 e. The average molecular weight is 421 g/mol. The molecule has 0 aromatic heterocycles. The second-order valence-electron chi connectivity index (χ2n) is 10.5. The first-order valence-corrected chi connectivity index (χ1v) is 11.6. The van der Waals surface area contributed by atoms with E-state index in [4.69, 9.17) is 0 Å². The van der Waals surface area contributed by atoms with Crippen LogP contribution in [-0.4, -0.2) is 34.0 Å². The molecule has 5 rings (SSSR count). The van der Waals surface area contributed by atoms with Crippen molar-refractivity contribution in [2.75, 3.05) is 6.61 Å². The van der Waals surface area contributed by atoms with Gasteiger partial charge in [-0.25, -0.2) is 0 Å². The van der Waals surface area contributed by atoms with Gasteiger partial charge in [0.25, 0.3) is 0 Å². The molecule has 2 fully saturated rings. The summed E-state index contributed by atoms with van der Waals surface area (Å²) in [6.45, 7) is 3.69. The van der Waals surface area contributed by atoms with Crippen LogP contribution in [0.15, 0.2) is 53.6 Å². The minimum atomic E-state index is -1.59. The molecular formula is C27H32O4. The number of aliphatic hydroxyl groups excluding tert-OH is 1. The lowest BCUT2D eigenvalue weighted by atomic mass is 9.50. The fourth-order valence-corrected chi connectivity index (χ4v) is 7.61. The third kappa shape index (κ3) is 2.67. The monoisotopic (exact) mass is 420 g/mol. The lowest BCUT2D eigenvalue weighted by Gasteiger charge is -2.54. The predicted molar refractivity (Wildman–Crippen MR) is 118 cm³/mol. The van der Waals surface area contributed by atoms with E-state index >= 15 is 0 Å². The van der Waals surface area contributed by atoms with Crippen LogP contribution in [0.2, 0.25) is 0 Å². The SMILES string of the molecule is C[C@]12CCC(=O)C=C1CCC1C2=CC[C@@]2(C)C1C[C@H](c1ccccc1)[C@]2(O)C(=O)CO. The van der Waals surface area contributed by atoms with Crippen molar-refractivity contribution in [2.24, 2.45) is 22.7 Å². The summed E-state index contributed by atoms with van der Waals surface area (Å²) >= 11 is 0. The number of hydrogen-bond acceptors (Lipinski definition) is 4. The van der Waals surface area contributed by atoms with Gasteiger partial charge < -0.3 is 10.2 Å². The molecule has 6 atom stereocenters. The van der Waals surface area contributed by atoms with Gasteiger partial charge >= 0.3 is 0 Å². The number of benzene rings is 1. The summed E-state index contributed by atoms with van der Waals surface area (Å²) in [7, 11) is 0. The van der Waals surface area contributed by atoms with E-state index < -0.39 is 23.4 Å². The molecule has 31 heavy (non-hydrogen) atoms. The molecule has 0 radical (unpaired) electrons. The third-order valence-corrected chi connectivity index (χ3v) is 9.36. The Morgan fingerprint density at radius 1 is 1.16 bits per heavy atom. The van der Waals surface area contributed by atoms with Crippen LogP contribution >= 0.6 is 0 Å². The first-order chi connectivity index (χ1) is 14.8. The molecule has 0 bridgehead atoms. The van der Waals surface area contributed by atoms with Crippen LogP contribution in [-0.2, 0) is 9.59 Å². The Kier molecular flexibility index (Phi) is 4.69. The van der Waals surface area contributed by atoms with E-state index in [1.165, 1.54) is 11.1 Å². The average Bonchev–Trinajstić information content (AvgIpc) is 3.02. The summed E-state index contributed by atoms with van der Waals surface area (Å²) in [4.78, 5) is 25.2. The number of carbonyl (C=O) groups is 2. The molecule has 0 amide bonds. The smallest absolute Gasteiger partial charge is 0.190 e. The number of fused-ring (bicyclic) bond motifs is 5. The van der Waals surface area contributed by atoms with Gasteiger partial charge in [0, 0.05) is 23.2 Å². The number of carbonyl (C=O) groups excluding carboxylic acids is 2. The normalized spacial score (nSPS) is 41.5. The number of rotatable bonds is 3. The molecule has 1 aromatic rings. The molecular weight excluding hydrogens is 388 g/mol. The van der Waals surface area contributed by atoms with Gasteiger partial charge in [0.15, 0.2) is 11.6 Å². The highest BCUT2D eigenvalue weighted by Gasteiger charge is 2.68. The minimum absolute atomic E-state index is 0.0813. The number of allylic oxidation sites excluding steroid dienone is 4. The zero-order chi connectivity index (χ0) is 22.0. The van der Waals surface area contributed by atoms with Crippen molar-refractivity contribution in [2.45, 2.75) is 63.9 Å². The first-order valence-electron chi connectivity index (χ1n) is 11.6. The Balaban J connectivity index is 1.61. The molecule has 1 aromatic carbocycles. The maximum absolute atomic E-state index is 13.1. The van der Waals surface area contributed by atoms with Gasteiger partial charge in [-0.15, -0.1) is 0 Å². The Hall–Kier alpha value is -2.04. The van der Waals surface area contributed by atoms with Gasteiger partial charge in [-0.3, -0.25) is 9.59 Å². The van der Waals surface area contributed by atoms with Crippen molar-refractivity contribution in [1.82, 2.24) is 0 Å². The van der Waals surface area contributed by atoms with E-state index in [1.54, 1.807) is 0 Å². The van der Waals surface area contributed by atoms with Gasteiger partial charge in [0.05, 0.1) is 0 Å². The van der Waals surface area contributed by atoms with Crippen molar-refractivity contribution < 1.29 is 19.8 Å². The van der Waals surface area contributed by atoms with E-state index in [2.05, 4.69) is 19.9 Å². The molecule has 2 N–H and O–H groups in total. The van der Waals surface area contributed by atoms with E-state index in [9.17, 15) is 19.8 Å². The van der Waals surface area contributed by atoms with Gasteiger partial charge in [0.2, 0.25) is 0 Å². The zero-order valence-corrected chi connectivity index (χ0v) is 18.4. The summed E-state index contributed by atoms with van der Waals surface area (Å²) in [6.07, 6.45) is 8.79. The topological polar surface area (TPSA) is 74.6 Å². The lowest BCUT2D eigenvalue weighted by molar-refractivity contribution is -0.158. The van der Waals surface area contributed by atoms with Crippen LogP contribution < -0.4 is 0 Å². The third-order valence-electron chi connectivity index (χ3n) is 9.36. The van der Waals surface area contributed by atoms with E-state index in [1.807, 2.05) is 36.4 Å². The summed E-state index contributed by atoms with van der Waals surface area (Å²) in [5.74, 6) is -0.0991. The minimum Gasteiger partial charge on any atom is -0.388 e. The fraction of sp³-hybridized carbons (Fsp3) is 0.556. The van der Waals surface area contributed by atoms with Crippen LogP contribution in [0.25, 0.3) is 0 Å². The molecule has 0 spiro atoms. The van der Waals surface area contributed by atoms with E-state index in [-0.39, 0.29) is 23.0 Å². The van der Waals surface area contributed by atoms with E-state index in [0.29, 0.717) is 18.8 Å². The van der Waals surface area contributed by atoms with Gasteiger partial charge in [0.1, 0.15) is 12.2 Å². The number of Topliss-reactive ketones (excluding diaryl/α,β-unsaturated/α-hetero) is 1. The second kappa shape index (κ2) is 6.98. The van der Waals surface area contributed by atoms with Gasteiger partial charge in [-0.1, -0.05) is 61.4 Å². The fourth-order valence-electron chi connectivity index (χ4n) is 7.61. The lowest BCUT2D eigenvalue weighted by Crippen LogP contribution is -2.57. The zero-order valence-electron chi connectivity index (χ0n) is 18.4. The van der Waals surface area contributed by atoms with Crippen LogP contribution in [0.3, 0.4) is 0 Å². The molecule has 164 valence electrons. The maximum Gasteiger partial charge on any atom is 0.190 e. The summed E-state index contributed by atoms with van der Waals surface area (Å²) in [5.41, 5.74) is 1.34. The Morgan fingerprint density at radius 2 is 1.90 bits per heavy atom. The van der Waals surface area contributed by atoms with Crippen molar-refractivity contribution in [3.8, 4) is 0 Å². The molecule has 0 saturated heterocycles. The molecule has 0 heterocycles. The molecule has 0 aliphatic heterocycles. The van der Waals surface area contributed by atoms with Crippen LogP contribution in [0.4, 0.5) is 0 Å². The van der Waals surface area contributed by atoms with Gasteiger partial charge in [-0.2, -0.15) is 0 Å². The summed E-state index contributed by atoms with van der Waals surface area (Å²) in [5, 5.41) is 21.9. The van der Waals surface area contributed by atoms with Crippen LogP contribution in [0, 0.1) is 22.7 Å². The van der Waals surface area contributed by atoms with Crippen molar-refractivity contribution in [3.63, 3.8) is 0 Å². The van der Waals surface area contributed by atoms with Crippen LogP contribution in [0.1, 0.15) is 63.9 Å². The Morgan fingerprint density at radius 3 is 2.61 bits per heavy atom. The quantitative estimate of drug-likeness (QED) is 0.721. The molecule has 4 aliphatic rings. The van der Waals surface area contributed by atoms with Gasteiger partial charge in [-0.05, 0) is 55.6 Å². The molecule has 4 aliphatic carbocycles. The van der Waals surface area contributed by atoms with Crippen molar-refractivity contribution >= 4 is 11.6 Å². The second-order valence-corrected chi connectivity index (χ2v) is 10.5. The standard InChI is InChI=1S/C27H32O4/c1-25-12-10-19(29)14-18(25)8-9-20-21(25)11-13-26(2)23(20)15-22(17-6-4-3-5-7-17)27(26,31)24(30)16-28/h3-7,11,14,20,22-23,28,31H,8-10,12-13,15-16H2,1-2H3/t20?,22-,23?,25+,26+,27+/m1/s1. The highest BCUT2D eigenvalue weighted by molar-refractivity contribution is 5.92. The van der Waals surface area contributed by atoms with Crippen molar-refractivity contribution in [1.29, 1.82) is 0 Å². The summed E-state index contributed by atoms with van der Waals surface area (Å²) < 4.78 is 0.